The first-order valence-corrected chi connectivity index (χ1v) is 6.40. The normalized spacial score (nSPS) is 10.2. The Morgan fingerprint density at radius 1 is 1.33 bits per heavy atom. The van der Waals surface area contributed by atoms with E-state index in [4.69, 9.17) is 11.6 Å². The van der Waals surface area contributed by atoms with Gasteiger partial charge in [-0.1, -0.05) is 11.6 Å². The maximum Gasteiger partial charge on any atom is 0.255 e. The van der Waals surface area contributed by atoms with Gasteiger partial charge in [0, 0.05) is 9.13 Å². The van der Waals surface area contributed by atoms with Crippen LogP contribution in [0.25, 0.3) is 0 Å². The SMILES string of the molecule is O=C(Nc1ccc(F)nc1)c1ccc(I)c(Cl)c1. The van der Waals surface area contributed by atoms with Crippen molar-refractivity contribution in [3.63, 3.8) is 0 Å². The number of halogens is 3. The van der Waals surface area contributed by atoms with E-state index in [0.717, 1.165) is 3.57 Å². The van der Waals surface area contributed by atoms with Gasteiger partial charge in [0.2, 0.25) is 5.95 Å². The molecule has 0 atom stereocenters. The van der Waals surface area contributed by atoms with Crippen molar-refractivity contribution in [2.24, 2.45) is 0 Å². The van der Waals surface area contributed by atoms with Gasteiger partial charge in [0.1, 0.15) is 0 Å². The van der Waals surface area contributed by atoms with Crippen molar-refractivity contribution in [3.05, 3.63) is 56.6 Å². The molecule has 3 nitrogen and oxygen atoms in total. The van der Waals surface area contributed by atoms with E-state index < -0.39 is 5.95 Å². The van der Waals surface area contributed by atoms with Crippen LogP contribution in [-0.2, 0) is 0 Å². The average molecular weight is 377 g/mol. The summed E-state index contributed by atoms with van der Waals surface area (Å²) in [5, 5.41) is 3.12. The third-order valence-electron chi connectivity index (χ3n) is 2.17. The van der Waals surface area contributed by atoms with Crippen LogP contribution in [0.5, 0.6) is 0 Å². The summed E-state index contributed by atoms with van der Waals surface area (Å²) >= 11 is 8.01. The molecule has 0 spiro atoms. The summed E-state index contributed by atoms with van der Waals surface area (Å²) in [5.74, 6) is -0.910. The van der Waals surface area contributed by atoms with Crippen LogP contribution < -0.4 is 5.32 Å². The first kappa shape index (κ1) is 13.2. The molecule has 0 saturated heterocycles. The zero-order valence-corrected chi connectivity index (χ0v) is 11.9. The van der Waals surface area contributed by atoms with Crippen LogP contribution in [0, 0.1) is 9.52 Å². The van der Waals surface area contributed by atoms with Crippen LogP contribution in [0.1, 0.15) is 10.4 Å². The average Bonchev–Trinajstić information content (AvgIpc) is 2.35. The molecule has 2 rings (SSSR count). The minimum atomic E-state index is -0.592. The van der Waals surface area contributed by atoms with E-state index >= 15 is 0 Å². The molecule has 1 aromatic heterocycles. The number of nitrogens with one attached hydrogen (secondary N) is 1. The number of hydrogen-bond acceptors (Lipinski definition) is 2. The Balaban J connectivity index is 2.16. The molecule has 0 bridgehead atoms. The van der Waals surface area contributed by atoms with E-state index in [9.17, 15) is 9.18 Å². The molecular weight excluding hydrogens is 370 g/mol. The highest BCUT2D eigenvalue weighted by atomic mass is 127. The lowest BCUT2D eigenvalue weighted by molar-refractivity contribution is 0.102. The Kier molecular flexibility index (Phi) is 4.13. The molecule has 1 aromatic carbocycles. The molecule has 0 radical (unpaired) electrons. The lowest BCUT2D eigenvalue weighted by atomic mass is 10.2. The number of benzene rings is 1. The van der Waals surface area contributed by atoms with Crippen LogP contribution in [-0.4, -0.2) is 10.9 Å². The maximum atomic E-state index is 12.6. The molecule has 0 aliphatic heterocycles. The van der Waals surface area contributed by atoms with E-state index in [0.29, 0.717) is 16.3 Å². The van der Waals surface area contributed by atoms with E-state index in [1.54, 1.807) is 18.2 Å². The number of carbonyl (C=O) groups excluding carboxylic acids is 1. The van der Waals surface area contributed by atoms with E-state index in [1.165, 1.54) is 18.3 Å². The van der Waals surface area contributed by atoms with Gasteiger partial charge in [-0.05, 0) is 52.9 Å². The summed E-state index contributed by atoms with van der Waals surface area (Å²) < 4.78 is 13.5. The molecular formula is C12H7ClFIN2O. The monoisotopic (exact) mass is 376 g/mol. The number of amides is 1. The highest BCUT2D eigenvalue weighted by molar-refractivity contribution is 14.1. The second kappa shape index (κ2) is 5.62. The Labute approximate surface area is 122 Å². The van der Waals surface area contributed by atoms with Gasteiger partial charge in [0.25, 0.3) is 5.91 Å². The molecule has 0 aliphatic carbocycles. The summed E-state index contributed by atoms with van der Waals surface area (Å²) in [6, 6.07) is 7.61. The fourth-order valence-corrected chi connectivity index (χ4v) is 1.81. The number of aromatic nitrogens is 1. The molecule has 1 heterocycles. The van der Waals surface area contributed by atoms with Crippen molar-refractivity contribution in [2.75, 3.05) is 5.32 Å². The second-order valence-electron chi connectivity index (χ2n) is 3.45. The number of nitrogens with zero attached hydrogens (tertiary/aromatic N) is 1. The first-order chi connectivity index (χ1) is 8.56. The first-order valence-electron chi connectivity index (χ1n) is 4.94. The number of anilines is 1. The number of rotatable bonds is 2. The Morgan fingerprint density at radius 2 is 2.11 bits per heavy atom. The van der Waals surface area contributed by atoms with Crippen molar-refractivity contribution in [1.82, 2.24) is 4.98 Å². The largest absolute Gasteiger partial charge is 0.321 e. The van der Waals surface area contributed by atoms with Gasteiger partial charge < -0.3 is 5.32 Å². The fourth-order valence-electron chi connectivity index (χ4n) is 1.29. The smallest absolute Gasteiger partial charge is 0.255 e. The van der Waals surface area contributed by atoms with Crippen LogP contribution in [0.15, 0.2) is 36.5 Å². The predicted molar refractivity (Wildman–Crippen MR) is 76.3 cm³/mol. The van der Waals surface area contributed by atoms with Crippen molar-refractivity contribution >= 4 is 45.8 Å². The lowest BCUT2D eigenvalue weighted by Crippen LogP contribution is -2.12. The molecule has 0 fully saturated rings. The van der Waals surface area contributed by atoms with Gasteiger partial charge in [0.05, 0.1) is 16.9 Å². The molecule has 18 heavy (non-hydrogen) atoms. The minimum absolute atomic E-state index is 0.318. The van der Waals surface area contributed by atoms with Crippen molar-refractivity contribution in [2.45, 2.75) is 0 Å². The Bertz CT molecular complexity index is 589. The number of hydrogen-bond donors (Lipinski definition) is 1. The quantitative estimate of drug-likeness (QED) is 0.641. The van der Waals surface area contributed by atoms with E-state index in [-0.39, 0.29) is 5.91 Å². The highest BCUT2D eigenvalue weighted by Gasteiger charge is 2.08. The van der Waals surface area contributed by atoms with E-state index in [1.807, 2.05) is 0 Å². The van der Waals surface area contributed by atoms with Crippen LogP contribution >= 0.6 is 34.2 Å². The topological polar surface area (TPSA) is 42.0 Å². The van der Waals surface area contributed by atoms with Crippen molar-refractivity contribution < 1.29 is 9.18 Å². The summed E-state index contributed by atoms with van der Waals surface area (Å²) in [4.78, 5) is 15.3. The molecule has 0 saturated carbocycles. The minimum Gasteiger partial charge on any atom is -0.321 e. The zero-order chi connectivity index (χ0) is 13.1. The molecule has 92 valence electrons. The Hall–Kier alpha value is -1.21. The second-order valence-corrected chi connectivity index (χ2v) is 5.02. The Morgan fingerprint density at radius 3 is 2.72 bits per heavy atom. The van der Waals surface area contributed by atoms with Crippen LogP contribution in [0.4, 0.5) is 10.1 Å². The van der Waals surface area contributed by atoms with Gasteiger partial charge in [-0.2, -0.15) is 4.39 Å². The van der Waals surface area contributed by atoms with Crippen LogP contribution in [0.3, 0.4) is 0 Å². The standard InChI is InChI=1S/C12H7ClFIN2O/c13-9-5-7(1-3-10(9)15)12(18)17-8-2-4-11(14)16-6-8/h1-6H,(H,17,18). The van der Waals surface area contributed by atoms with Gasteiger partial charge in [-0.25, -0.2) is 4.98 Å². The third-order valence-corrected chi connectivity index (χ3v) is 3.74. The summed E-state index contributed by atoms with van der Waals surface area (Å²) in [6.07, 6.45) is 1.25. The van der Waals surface area contributed by atoms with Gasteiger partial charge in [-0.3, -0.25) is 4.79 Å². The van der Waals surface area contributed by atoms with Crippen molar-refractivity contribution in [3.8, 4) is 0 Å². The van der Waals surface area contributed by atoms with E-state index in [2.05, 4.69) is 32.9 Å². The van der Waals surface area contributed by atoms with Gasteiger partial charge in [0.15, 0.2) is 0 Å². The molecule has 0 aliphatic rings. The number of pyridine rings is 1. The predicted octanol–water partition coefficient (Wildman–Crippen LogP) is 3.73. The summed E-state index contributed by atoms with van der Waals surface area (Å²) in [5.41, 5.74) is 0.862. The molecule has 1 amide bonds. The fraction of sp³-hybridized carbons (Fsp3) is 0. The lowest BCUT2D eigenvalue weighted by Gasteiger charge is -2.05. The van der Waals surface area contributed by atoms with Gasteiger partial charge >= 0.3 is 0 Å². The molecule has 2 aromatic rings. The maximum absolute atomic E-state index is 12.6. The van der Waals surface area contributed by atoms with Crippen LogP contribution in [0.2, 0.25) is 5.02 Å². The summed E-state index contributed by atoms with van der Waals surface area (Å²) in [6.45, 7) is 0. The molecule has 6 heteroatoms. The van der Waals surface area contributed by atoms with Crippen molar-refractivity contribution in [1.29, 1.82) is 0 Å². The summed E-state index contributed by atoms with van der Waals surface area (Å²) in [7, 11) is 0. The van der Waals surface area contributed by atoms with Gasteiger partial charge in [-0.15, -0.1) is 0 Å². The number of carbonyl (C=O) groups is 1. The zero-order valence-electron chi connectivity index (χ0n) is 8.95. The molecule has 1 N–H and O–H groups in total. The highest BCUT2D eigenvalue weighted by Crippen LogP contribution is 2.20. The third kappa shape index (κ3) is 3.17. The molecule has 0 unspecified atom stereocenters.